The van der Waals surface area contributed by atoms with Gasteiger partial charge in [-0.05, 0) is 31.2 Å². The summed E-state index contributed by atoms with van der Waals surface area (Å²) in [7, 11) is -2.46. The fraction of sp³-hybridized carbons (Fsp3) is 0.133. The summed E-state index contributed by atoms with van der Waals surface area (Å²) in [5.74, 6) is -0.245. The monoisotopic (exact) mass is 305 g/mol. The third-order valence-corrected chi connectivity index (χ3v) is 4.12. The number of aryl methyl sites for hydroxylation is 1. The van der Waals surface area contributed by atoms with Crippen LogP contribution in [0.2, 0.25) is 0 Å². The summed E-state index contributed by atoms with van der Waals surface area (Å²) in [5.41, 5.74) is 0.675. The molecule has 2 rings (SSSR count). The number of nitrogens with one attached hydrogen (secondary N) is 1. The molecule has 0 aliphatic heterocycles. The highest BCUT2D eigenvalue weighted by Gasteiger charge is 2.18. The first-order valence-electron chi connectivity index (χ1n) is 6.26. The summed E-state index contributed by atoms with van der Waals surface area (Å²) >= 11 is 0. The number of rotatable bonds is 4. The van der Waals surface area contributed by atoms with E-state index in [1.165, 1.54) is 18.2 Å². The normalized spacial score (nSPS) is 11.0. The molecule has 0 amide bonds. The predicted octanol–water partition coefficient (Wildman–Crippen LogP) is 2.16. The summed E-state index contributed by atoms with van der Waals surface area (Å²) in [6.07, 6.45) is 0. The molecule has 2 aromatic rings. The van der Waals surface area contributed by atoms with Gasteiger partial charge in [-0.1, -0.05) is 29.8 Å². The fourth-order valence-corrected chi connectivity index (χ4v) is 2.65. The molecular formula is C15H15NO4S. The van der Waals surface area contributed by atoms with Crippen molar-refractivity contribution in [1.82, 2.24) is 0 Å². The number of hydrogen-bond acceptors (Lipinski definition) is 5. The van der Waals surface area contributed by atoms with E-state index >= 15 is 0 Å². The molecule has 0 saturated carbocycles. The van der Waals surface area contributed by atoms with Crippen molar-refractivity contribution in [2.75, 3.05) is 12.4 Å². The average Bonchev–Trinajstić information content (AvgIpc) is 2.61. The summed E-state index contributed by atoms with van der Waals surface area (Å²) in [6, 6.07) is 12.3. The lowest BCUT2D eigenvalue weighted by Gasteiger charge is -2.06. The Bertz CT molecular complexity index is 799. The SMILES string of the molecule is CNc1ccccc(OS(=O)(=O)c2ccc(C)cc2)c1=O. The maximum Gasteiger partial charge on any atom is 0.339 e. The lowest BCUT2D eigenvalue weighted by molar-refractivity contribution is 0.484. The van der Waals surface area contributed by atoms with E-state index in [4.69, 9.17) is 4.18 Å². The van der Waals surface area contributed by atoms with Crippen molar-refractivity contribution >= 4 is 15.8 Å². The summed E-state index contributed by atoms with van der Waals surface area (Å²) in [4.78, 5) is 12.1. The molecule has 21 heavy (non-hydrogen) atoms. The Morgan fingerprint density at radius 1 is 1.00 bits per heavy atom. The Morgan fingerprint density at radius 3 is 2.24 bits per heavy atom. The van der Waals surface area contributed by atoms with Gasteiger partial charge in [0.1, 0.15) is 4.90 Å². The topological polar surface area (TPSA) is 72.5 Å². The van der Waals surface area contributed by atoms with Crippen molar-refractivity contribution in [2.45, 2.75) is 11.8 Å². The Labute approximate surface area is 123 Å². The Morgan fingerprint density at radius 2 is 1.62 bits per heavy atom. The quantitative estimate of drug-likeness (QED) is 0.876. The summed E-state index contributed by atoms with van der Waals surface area (Å²) < 4.78 is 29.4. The Hall–Kier alpha value is -2.34. The van der Waals surface area contributed by atoms with Gasteiger partial charge in [0.2, 0.25) is 5.43 Å². The molecule has 0 spiro atoms. The second-order valence-electron chi connectivity index (χ2n) is 4.43. The molecule has 2 aromatic carbocycles. The highest BCUT2D eigenvalue weighted by atomic mass is 32.2. The van der Waals surface area contributed by atoms with E-state index in [-0.39, 0.29) is 16.3 Å². The van der Waals surface area contributed by atoms with Gasteiger partial charge in [-0.3, -0.25) is 4.79 Å². The van der Waals surface area contributed by atoms with Crippen molar-refractivity contribution in [3.8, 4) is 5.75 Å². The van der Waals surface area contributed by atoms with Crippen molar-refractivity contribution in [3.05, 3.63) is 64.3 Å². The van der Waals surface area contributed by atoms with E-state index in [0.717, 1.165) is 5.56 Å². The van der Waals surface area contributed by atoms with Crippen LogP contribution in [0.5, 0.6) is 5.75 Å². The first-order valence-corrected chi connectivity index (χ1v) is 7.67. The van der Waals surface area contributed by atoms with Crippen molar-refractivity contribution in [3.63, 3.8) is 0 Å². The van der Waals surface area contributed by atoms with Gasteiger partial charge in [0.15, 0.2) is 5.75 Å². The minimum atomic E-state index is -4.04. The van der Waals surface area contributed by atoms with Crippen molar-refractivity contribution < 1.29 is 12.6 Å². The van der Waals surface area contributed by atoms with E-state index in [2.05, 4.69) is 5.32 Å². The molecular weight excluding hydrogens is 290 g/mol. The average molecular weight is 305 g/mol. The second kappa shape index (κ2) is 5.97. The molecule has 110 valence electrons. The van der Waals surface area contributed by atoms with E-state index in [1.807, 2.05) is 6.92 Å². The molecule has 0 heterocycles. The molecule has 0 aliphatic rings. The molecule has 0 aromatic heterocycles. The van der Waals surface area contributed by atoms with Crippen LogP contribution < -0.4 is 14.9 Å². The standard InChI is InChI=1S/C15H15NO4S/c1-11-7-9-12(10-8-11)21(18,19)20-14-6-4-3-5-13(16-2)15(14)17/h3-10H,1-2H3,(H,16,17). The largest absolute Gasteiger partial charge is 0.385 e. The molecule has 0 aliphatic carbocycles. The number of benzene rings is 1. The molecule has 0 fully saturated rings. The van der Waals surface area contributed by atoms with Gasteiger partial charge in [-0.25, -0.2) is 0 Å². The smallest absolute Gasteiger partial charge is 0.339 e. The maximum atomic E-state index is 12.2. The molecule has 6 heteroatoms. The maximum absolute atomic E-state index is 12.2. The molecule has 0 radical (unpaired) electrons. The van der Waals surface area contributed by atoms with Crippen molar-refractivity contribution in [1.29, 1.82) is 0 Å². The van der Waals surface area contributed by atoms with Gasteiger partial charge in [0.05, 0.1) is 5.69 Å². The second-order valence-corrected chi connectivity index (χ2v) is 5.97. The zero-order valence-electron chi connectivity index (χ0n) is 11.7. The molecule has 0 bridgehead atoms. The van der Waals surface area contributed by atoms with Gasteiger partial charge in [0, 0.05) is 7.05 Å². The third kappa shape index (κ3) is 3.41. The van der Waals surface area contributed by atoms with Crippen LogP contribution >= 0.6 is 0 Å². The Balaban J connectivity index is 2.45. The lowest BCUT2D eigenvalue weighted by Crippen LogP contribution is -2.16. The Kier molecular flexibility index (Phi) is 4.28. The first kappa shape index (κ1) is 15.1. The zero-order valence-corrected chi connectivity index (χ0v) is 12.5. The van der Waals surface area contributed by atoms with Crippen LogP contribution in [0.25, 0.3) is 0 Å². The van der Waals surface area contributed by atoms with E-state index in [1.54, 1.807) is 37.4 Å². The zero-order chi connectivity index (χ0) is 15.5. The predicted molar refractivity (Wildman–Crippen MR) is 81.3 cm³/mol. The van der Waals surface area contributed by atoms with E-state index in [0.29, 0.717) is 0 Å². The molecule has 1 N–H and O–H groups in total. The van der Waals surface area contributed by atoms with Crippen LogP contribution in [0.1, 0.15) is 5.56 Å². The van der Waals surface area contributed by atoms with Crippen LogP contribution in [0.4, 0.5) is 5.69 Å². The highest BCUT2D eigenvalue weighted by molar-refractivity contribution is 7.87. The summed E-state index contributed by atoms with van der Waals surface area (Å²) in [5, 5.41) is 2.70. The van der Waals surface area contributed by atoms with Gasteiger partial charge < -0.3 is 9.50 Å². The summed E-state index contributed by atoms with van der Waals surface area (Å²) in [6.45, 7) is 1.85. The molecule has 0 atom stereocenters. The fourth-order valence-electron chi connectivity index (χ4n) is 1.71. The minimum Gasteiger partial charge on any atom is -0.385 e. The van der Waals surface area contributed by atoms with E-state index in [9.17, 15) is 13.2 Å². The van der Waals surface area contributed by atoms with Crippen LogP contribution in [0.3, 0.4) is 0 Å². The number of hydrogen-bond donors (Lipinski definition) is 1. The van der Waals surface area contributed by atoms with Gasteiger partial charge in [-0.15, -0.1) is 0 Å². The first-order chi connectivity index (χ1) is 9.94. The minimum absolute atomic E-state index is 0.00464. The molecule has 0 unspecified atom stereocenters. The van der Waals surface area contributed by atoms with Crippen molar-refractivity contribution in [2.24, 2.45) is 0 Å². The highest BCUT2D eigenvalue weighted by Crippen LogP contribution is 2.16. The van der Waals surface area contributed by atoms with Crippen LogP contribution in [0.15, 0.2) is 58.2 Å². The number of anilines is 1. The van der Waals surface area contributed by atoms with Gasteiger partial charge >= 0.3 is 10.1 Å². The van der Waals surface area contributed by atoms with E-state index < -0.39 is 15.5 Å². The van der Waals surface area contributed by atoms with Crippen LogP contribution in [-0.4, -0.2) is 15.5 Å². The van der Waals surface area contributed by atoms with Gasteiger partial charge in [0.25, 0.3) is 0 Å². The van der Waals surface area contributed by atoms with Gasteiger partial charge in [-0.2, -0.15) is 8.42 Å². The third-order valence-electron chi connectivity index (χ3n) is 2.87. The van der Waals surface area contributed by atoms with Crippen LogP contribution in [-0.2, 0) is 10.1 Å². The molecule has 5 nitrogen and oxygen atoms in total. The molecule has 0 saturated heterocycles. The lowest BCUT2D eigenvalue weighted by atomic mass is 10.2. The van der Waals surface area contributed by atoms with Crippen LogP contribution in [0, 0.1) is 6.92 Å².